The van der Waals surface area contributed by atoms with E-state index in [1.807, 2.05) is 18.2 Å². The summed E-state index contributed by atoms with van der Waals surface area (Å²) in [5.74, 6) is 0.754. The number of nitriles is 1. The quantitative estimate of drug-likeness (QED) is 0.886. The average Bonchev–Trinajstić information content (AvgIpc) is 2.76. The van der Waals surface area contributed by atoms with Crippen LogP contribution in [-0.4, -0.2) is 12.6 Å². The first kappa shape index (κ1) is 14.9. The minimum atomic E-state index is 0.101. The molecule has 1 saturated carbocycles. The average molecular weight is 272 g/mol. The maximum absolute atomic E-state index is 8.49. The lowest BCUT2D eigenvalue weighted by Crippen LogP contribution is -2.30. The Morgan fingerprint density at radius 3 is 2.65 bits per heavy atom. The summed E-state index contributed by atoms with van der Waals surface area (Å²) in [5, 5.41) is 12.2. The number of nitrogens with one attached hydrogen (secondary N) is 1. The molecule has 0 heterocycles. The van der Waals surface area contributed by atoms with Gasteiger partial charge in [-0.15, -0.1) is 0 Å². The van der Waals surface area contributed by atoms with Gasteiger partial charge in [0, 0.05) is 12.1 Å². The van der Waals surface area contributed by atoms with Gasteiger partial charge in [0.2, 0.25) is 0 Å². The van der Waals surface area contributed by atoms with Crippen LogP contribution < -0.4 is 10.1 Å². The highest BCUT2D eigenvalue weighted by Crippen LogP contribution is 2.37. The van der Waals surface area contributed by atoms with E-state index in [1.165, 1.54) is 24.8 Å². The van der Waals surface area contributed by atoms with E-state index in [0.29, 0.717) is 17.5 Å². The molecule has 2 unspecified atom stereocenters. The molecule has 1 fully saturated rings. The van der Waals surface area contributed by atoms with Crippen LogP contribution in [0.4, 0.5) is 0 Å². The van der Waals surface area contributed by atoms with Gasteiger partial charge in [-0.25, -0.2) is 0 Å². The van der Waals surface area contributed by atoms with Crippen LogP contribution in [0.2, 0.25) is 0 Å². The predicted molar refractivity (Wildman–Crippen MR) is 80.5 cm³/mol. The number of nitrogens with zero attached hydrogens (tertiary/aromatic N) is 1. The van der Waals surface area contributed by atoms with E-state index in [4.69, 9.17) is 10.00 Å². The molecule has 0 aliphatic heterocycles. The van der Waals surface area contributed by atoms with Crippen LogP contribution in [0.5, 0.6) is 5.75 Å². The SMILES string of the molecule is CC(NC1CCC(C)(C)C1)c1ccc(OCC#N)cc1. The van der Waals surface area contributed by atoms with Gasteiger partial charge in [-0.1, -0.05) is 26.0 Å². The Labute approximate surface area is 121 Å². The van der Waals surface area contributed by atoms with E-state index in [2.05, 4.69) is 38.2 Å². The Morgan fingerprint density at radius 2 is 2.10 bits per heavy atom. The summed E-state index contributed by atoms with van der Waals surface area (Å²) in [7, 11) is 0. The van der Waals surface area contributed by atoms with Gasteiger partial charge < -0.3 is 10.1 Å². The van der Waals surface area contributed by atoms with E-state index in [9.17, 15) is 0 Å². The number of rotatable bonds is 5. The molecule has 1 aromatic carbocycles. The number of ether oxygens (including phenoxy) is 1. The van der Waals surface area contributed by atoms with E-state index in [0.717, 1.165) is 5.75 Å². The van der Waals surface area contributed by atoms with Crippen molar-refractivity contribution < 1.29 is 4.74 Å². The Morgan fingerprint density at radius 1 is 1.40 bits per heavy atom. The molecule has 2 atom stereocenters. The largest absolute Gasteiger partial charge is 0.479 e. The molecule has 1 aliphatic rings. The highest BCUT2D eigenvalue weighted by atomic mass is 16.5. The van der Waals surface area contributed by atoms with Gasteiger partial charge in [0.15, 0.2) is 6.61 Å². The summed E-state index contributed by atoms with van der Waals surface area (Å²) in [6, 6.07) is 11.0. The van der Waals surface area contributed by atoms with Crippen molar-refractivity contribution in [2.24, 2.45) is 5.41 Å². The first-order valence-corrected chi connectivity index (χ1v) is 7.36. The minimum absolute atomic E-state index is 0.101. The lowest BCUT2D eigenvalue weighted by molar-refractivity contribution is 0.356. The molecule has 0 radical (unpaired) electrons. The van der Waals surface area contributed by atoms with Crippen molar-refractivity contribution in [1.82, 2.24) is 5.32 Å². The van der Waals surface area contributed by atoms with Gasteiger partial charge in [0.1, 0.15) is 11.8 Å². The molecular weight excluding hydrogens is 248 g/mol. The van der Waals surface area contributed by atoms with Crippen molar-refractivity contribution in [1.29, 1.82) is 5.26 Å². The van der Waals surface area contributed by atoms with Crippen LogP contribution in [0, 0.1) is 16.7 Å². The number of hydrogen-bond acceptors (Lipinski definition) is 3. The molecule has 0 aromatic heterocycles. The van der Waals surface area contributed by atoms with Crippen LogP contribution >= 0.6 is 0 Å². The smallest absolute Gasteiger partial charge is 0.174 e. The Balaban J connectivity index is 1.89. The molecule has 108 valence electrons. The van der Waals surface area contributed by atoms with Gasteiger partial charge in [0.25, 0.3) is 0 Å². The molecule has 0 bridgehead atoms. The van der Waals surface area contributed by atoms with Crippen LogP contribution in [-0.2, 0) is 0 Å². The molecule has 0 saturated heterocycles. The Hall–Kier alpha value is -1.53. The lowest BCUT2D eigenvalue weighted by atomic mass is 9.91. The van der Waals surface area contributed by atoms with Crippen LogP contribution in [0.15, 0.2) is 24.3 Å². The highest BCUT2D eigenvalue weighted by molar-refractivity contribution is 5.29. The second-order valence-electron chi connectivity index (χ2n) is 6.51. The van der Waals surface area contributed by atoms with Crippen LogP contribution in [0.25, 0.3) is 0 Å². The summed E-state index contributed by atoms with van der Waals surface area (Å²) in [5.41, 5.74) is 1.74. The fourth-order valence-electron chi connectivity index (χ4n) is 3.00. The van der Waals surface area contributed by atoms with E-state index < -0.39 is 0 Å². The number of benzene rings is 1. The first-order valence-electron chi connectivity index (χ1n) is 7.36. The maximum atomic E-state index is 8.49. The van der Waals surface area contributed by atoms with Crippen molar-refractivity contribution in [2.75, 3.05) is 6.61 Å². The molecule has 1 aromatic rings. The van der Waals surface area contributed by atoms with Crippen molar-refractivity contribution in [3.05, 3.63) is 29.8 Å². The van der Waals surface area contributed by atoms with Gasteiger partial charge in [-0.05, 0) is 49.3 Å². The van der Waals surface area contributed by atoms with Crippen molar-refractivity contribution in [2.45, 2.75) is 52.1 Å². The van der Waals surface area contributed by atoms with Crippen LogP contribution in [0.3, 0.4) is 0 Å². The van der Waals surface area contributed by atoms with Crippen molar-refractivity contribution >= 4 is 0 Å². The summed E-state index contributed by atoms with van der Waals surface area (Å²) in [6.07, 6.45) is 3.82. The second-order valence-corrected chi connectivity index (χ2v) is 6.51. The molecule has 1 N–H and O–H groups in total. The van der Waals surface area contributed by atoms with Gasteiger partial charge in [-0.3, -0.25) is 0 Å². The summed E-state index contributed by atoms with van der Waals surface area (Å²) in [4.78, 5) is 0. The molecule has 0 spiro atoms. The second kappa shape index (κ2) is 6.28. The third-order valence-corrected chi connectivity index (χ3v) is 4.14. The Bertz CT molecular complexity index is 473. The summed E-state index contributed by atoms with van der Waals surface area (Å²) < 4.78 is 5.27. The molecular formula is C17H24N2O. The summed E-state index contributed by atoms with van der Waals surface area (Å²) >= 11 is 0. The van der Waals surface area contributed by atoms with Gasteiger partial charge >= 0.3 is 0 Å². The Kier molecular flexibility index (Phi) is 4.67. The third-order valence-electron chi connectivity index (χ3n) is 4.14. The topological polar surface area (TPSA) is 45.0 Å². The predicted octanol–water partition coefficient (Wildman–Crippen LogP) is 3.82. The number of hydrogen-bond donors (Lipinski definition) is 1. The van der Waals surface area contributed by atoms with Crippen LogP contribution in [0.1, 0.15) is 51.6 Å². The van der Waals surface area contributed by atoms with Crippen molar-refractivity contribution in [3.63, 3.8) is 0 Å². The van der Waals surface area contributed by atoms with Gasteiger partial charge in [-0.2, -0.15) is 5.26 Å². The van der Waals surface area contributed by atoms with E-state index in [-0.39, 0.29) is 6.61 Å². The van der Waals surface area contributed by atoms with E-state index >= 15 is 0 Å². The first-order chi connectivity index (χ1) is 9.50. The minimum Gasteiger partial charge on any atom is -0.479 e. The molecule has 3 nitrogen and oxygen atoms in total. The summed E-state index contributed by atoms with van der Waals surface area (Å²) in [6.45, 7) is 7.00. The maximum Gasteiger partial charge on any atom is 0.174 e. The van der Waals surface area contributed by atoms with E-state index in [1.54, 1.807) is 0 Å². The zero-order chi connectivity index (χ0) is 14.6. The third kappa shape index (κ3) is 3.98. The lowest BCUT2D eigenvalue weighted by Gasteiger charge is -2.22. The molecule has 0 amide bonds. The zero-order valence-corrected chi connectivity index (χ0v) is 12.6. The molecule has 2 rings (SSSR count). The molecule has 3 heteroatoms. The fraction of sp³-hybridized carbons (Fsp3) is 0.588. The fourth-order valence-corrected chi connectivity index (χ4v) is 3.00. The monoisotopic (exact) mass is 272 g/mol. The molecule has 20 heavy (non-hydrogen) atoms. The highest BCUT2D eigenvalue weighted by Gasteiger charge is 2.31. The molecule has 1 aliphatic carbocycles. The van der Waals surface area contributed by atoms with Crippen molar-refractivity contribution in [3.8, 4) is 11.8 Å². The zero-order valence-electron chi connectivity index (χ0n) is 12.6. The standard InChI is InChI=1S/C17H24N2O/c1-13(19-15-8-9-17(2,3)12-15)14-4-6-16(7-5-14)20-11-10-18/h4-7,13,15,19H,8-9,11-12H2,1-3H3. The normalized spacial score (nSPS) is 22.2. The van der Waals surface area contributed by atoms with Gasteiger partial charge in [0.05, 0.1) is 0 Å².